The number of likely N-dealkylation sites (tertiary alicyclic amines) is 1. The fraction of sp³-hybridized carbons (Fsp3) is 0.370. The van der Waals surface area contributed by atoms with E-state index in [0.29, 0.717) is 73.2 Å². The summed E-state index contributed by atoms with van der Waals surface area (Å²) < 4.78 is 19.1. The molecule has 2 atom stereocenters. The van der Waals surface area contributed by atoms with Crippen molar-refractivity contribution in [3.05, 3.63) is 125 Å². The number of carbonyl (C=O) groups excluding carboxylic acids is 3. The zero-order valence-corrected chi connectivity index (χ0v) is 33.8. The smallest absolute Gasteiger partial charge is 0.328 e. The summed E-state index contributed by atoms with van der Waals surface area (Å²) >= 11 is 0. The van der Waals surface area contributed by atoms with Crippen LogP contribution in [0.25, 0.3) is 16.5 Å². The van der Waals surface area contributed by atoms with Gasteiger partial charge in [-0.05, 0) is 73.2 Å². The highest BCUT2D eigenvalue weighted by molar-refractivity contribution is 6.06. The minimum absolute atomic E-state index is 0.0133. The van der Waals surface area contributed by atoms with E-state index in [-0.39, 0.29) is 49.7 Å². The Hall–Kier alpha value is -6.13. The maximum Gasteiger partial charge on any atom is 0.328 e. The van der Waals surface area contributed by atoms with Crippen molar-refractivity contribution in [3.63, 3.8) is 0 Å². The fourth-order valence-electron chi connectivity index (χ4n) is 8.83. The summed E-state index contributed by atoms with van der Waals surface area (Å²) in [5, 5.41) is 25.3. The van der Waals surface area contributed by atoms with Crippen molar-refractivity contribution in [2.45, 2.75) is 62.2 Å². The number of anilines is 2. The number of nitrogens with one attached hydrogen (secondary N) is 1. The van der Waals surface area contributed by atoms with E-state index in [4.69, 9.17) is 23.9 Å². The van der Waals surface area contributed by atoms with Crippen molar-refractivity contribution in [1.29, 1.82) is 0 Å². The normalized spacial score (nSPS) is 20.9. The number of carbonyl (C=O) groups is 3. The van der Waals surface area contributed by atoms with E-state index in [1.807, 2.05) is 65.7 Å². The molecular weight excluding hydrogens is 779 g/mol. The Morgan fingerprint density at radius 3 is 2.48 bits per heavy atom. The Balaban J connectivity index is 0.870. The molecule has 314 valence electrons. The molecule has 3 N–H and O–H groups in total. The number of urea groups is 1. The van der Waals surface area contributed by atoms with Gasteiger partial charge >= 0.3 is 6.03 Å². The maximum absolute atomic E-state index is 13.5. The third-order valence-electron chi connectivity index (χ3n) is 12.4. The maximum atomic E-state index is 13.5. The highest BCUT2D eigenvalue weighted by Gasteiger charge is 2.44. The van der Waals surface area contributed by atoms with E-state index in [9.17, 15) is 24.6 Å². The summed E-state index contributed by atoms with van der Waals surface area (Å²) in [5.41, 5.74) is 4.44. The van der Waals surface area contributed by atoms with Crippen molar-refractivity contribution in [3.8, 4) is 0 Å². The number of benzene rings is 3. The van der Waals surface area contributed by atoms with Crippen molar-refractivity contribution < 1.29 is 38.5 Å². The molecule has 5 aliphatic rings. The first-order chi connectivity index (χ1) is 29.7. The Morgan fingerprint density at radius 2 is 1.72 bits per heavy atom. The van der Waals surface area contributed by atoms with Crippen LogP contribution in [0.4, 0.5) is 16.4 Å². The minimum Gasteiger partial charge on any atom is -0.464 e. The number of aromatic nitrogens is 2. The van der Waals surface area contributed by atoms with Crippen LogP contribution < -0.4 is 15.1 Å². The van der Waals surface area contributed by atoms with Gasteiger partial charge in [-0.25, -0.2) is 14.8 Å². The molecular formula is C46H47N7O8. The molecule has 4 aliphatic heterocycles. The van der Waals surface area contributed by atoms with Gasteiger partial charge in [0.15, 0.2) is 17.6 Å². The number of hydrogen-bond donors (Lipinski definition) is 3. The van der Waals surface area contributed by atoms with Gasteiger partial charge in [-0.1, -0.05) is 42.5 Å². The standard InChI is InChI=1S/C46H47N7O8/c1-50-26-37(35-17-21-59-40(35)43(50)57)28-10-13-38-36(23-28)41(46(27-54,61-33-11-12-33)30-7-3-2-4-8-30)49-44(47-38)52-24-34(25-52)60-32-14-18-51(19-15-32)42(56)29-6-5-9-31(22-29)53-20-16-39(55)48-45(53)58/h2-10,13,17,21-23,26,32-34,43,54,57H,11-12,14-16,18-20,24-25,27H2,1H3,(H,48,55,58). The lowest BCUT2D eigenvalue weighted by molar-refractivity contribution is -0.120. The van der Waals surface area contributed by atoms with E-state index < -0.39 is 17.9 Å². The first kappa shape index (κ1) is 39.0. The number of furan rings is 1. The highest BCUT2D eigenvalue weighted by atomic mass is 16.5. The summed E-state index contributed by atoms with van der Waals surface area (Å²) in [6.45, 7) is 2.18. The van der Waals surface area contributed by atoms with Crippen LogP contribution in [-0.2, 0) is 19.9 Å². The Kier molecular flexibility index (Phi) is 10.1. The van der Waals surface area contributed by atoms with Crippen LogP contribution in [0.5, 0.6) is 0 Å². The second-order valence-electron chi connectivity index (χ2n) is 16.5. The molecule has 2 unspecified atom stereocenters. The van der Waals surface area contributed by atoms with Gasteiger partial charge in [0.1, 0.15) is 0 Å². The molecule has 3 aromatic carbocycles. The molecule has 15 heteroatoms. The Bertz CT molecular complexity index is 2530. The van der Waals surface area contributed by atoms with E-state index in [0.717, 1.165) is 40.5 Å². The molecule has 2 aromatic heterocycles. The third kappa shape index (κ3) is 7.30. The minimum atomic E-state index is -1.26. The second-order valence-corrected chi connectivity index (χ2v) is 16.5. The lowest BCUT2D eigenvalue weighted by Gasteiger charge is -2.43. The molecule has 1 aliphatic carbocycles. The predicted molar refractivity (Wildman–Crippen MR) is 224 cm³/mol. The monoisotopic (exact) mass is 825 g/mol. The van der Waals surface area contributed by atoms with Crippen molar-refractivity contribution in [2.24, 2.45) is 0 Å². The van der Waals surface area contributed by atoms with Crippen molar-refractivity contribution in [1.82, 2.24) is 25.1 Å². The molecule has 15 nitrogen and oxygen atoms in total. The van der Waals surface area contributed by atoms with Gasteiger partial charge < -0.3 is 38.8 Å². The zero-order chi connectivity index (χ0) is 41.8. The van der Waals surface area contributed by atoms with Crippen LogP contribution in [0.2, 0.25) is 0 Å². The number of aliphatic hydroxyl groups excluding tert-OH is 2. The van der Waals surface area contributed by atoms with Crippen LogP contribution in [-0.4, -0.2) is 113 Å². The third-order valence-corrected chi connectivity index (χ3v) is 12.4. The number of rotatable bonds is 11. The first-order valence-electron chi connectivity index (χ1n) is 20.9. The summed E-state index contributed by atoms with van der Waals surface area (Å²) in [5.74, 6) is 0.587. The van der Waals surface area contributed by atoms with Gasteiger partial charge in [-0.3, -0.25) is 19.8 Å². The quantitative estimate of drug-likeness (QED) is 0.164. The van der Waals surface area contributed by atoms with Crippen LogP contribution >= 0.6 is 0 Å². The molecule has 1 saturated carbocycles. The molecule has 5 aromatic rings. The lowest BCUT2D eigenvalue weighted by atomic mass is 9.87. The fourth-order valence-corrected chi connectivity index (χ4v) is 8.83. The van der Waals surface area contributed by atoms with Crippen LogP contribution in [0.15, 0.2) is 95.7 Å². The van der Waals surface area contributed by atoms with E-state index in [2.05, 4.69) is 10.2 Å². The van der Waals surface area contributed by atoms with E-state index >= 15 is 0 Å². The summed E-state index contributed by atoms with van der Waals surface area (Å²) in [6.07, 6.45) is 5.90. The zero-order valence-electron chi connectivity index (χ0n) is 33.8. The molecule has 3 saturated heterocycles. The van der Waals surface area contributed by atoms with Crippen molar-refractivity contribution in [2.75, 3.05) is 56.2 Å². The van der Waals surface area contributed by atoms with Crippen molar-refractivity contribution >= 4 is 46.0 Å². The van der Waals surface area contributed by atoms with Gasteiger partial charge in [0, 0.05) is 80.2 Å². The number of hydrogen-bond acceptors (Lipinski definition) is 12. The molecule has 0 bridgehead atoms. The van der Waals surface area contributed by atoms with E-state index in [1.54, 1.807) is 42.5 Å². The summed E-state index contributed by atoms with van der Waals surface area (Å²) in [7, 11) is 1.80. The van der Waals surface area contributed by atoms with E-state index in [1.165, 1.54) is 4.90 Å². The second kappa shape index (κ2) is 15.7. The predicted octanol–water partition coefficient (Wildman–Crippen LogP) is 4.92. The summed E-state index contributed by atoms with van der Waals surface area (Å²) in [4.78, 5) is 55.0. The van der Waals surface area contributed by atoms with Gasteiger partial charge in [-0.15, -0.1) is 0 Å². The largest absolute Gasteiger partial charge is 0.464 e. The SMILES string of the molecule is CN1C=C(c2ccc3nc(N4CC(OC5CCN(C(=O)c6cccc(N7CCC(=O)NC7=O)c6)CC5)C4)nc(C(CO)(OC4CC4)c4ccccc4)c3c2)c2ccoc2C1O. The van der Waals surface area contributed by atoms with Crippen LogP contribution in [0, 0.1) is 0 Å². The van der Waals surface area contributed by atoms with Gasteiger partial charge in [0.2, 0.25) is 11.9 Å². The number of aliphatic hydroxyl groups is 2. The Morgan fingerprint density at radius 1 is 0.918 bits per heavy atom. The number of nitrogens with zero attached hydrogens (tertiary/aromatic N) is 6. The molecule has 4 amide bonds. The molecule has 61 heavy (non-hydrogen) atoms. The highest BCUT2D eigenvalue weighted by Crippen LogP contribution is 2.44. The number of amides is 4. The lowest BCUT2D eigenvalue weighted by Crippen LogP contribution is -2.55. The molecule has 0 spiro atoms. The number of imide groups is 1. The number of piperidine rings is 1. The van der Waals surface area contributed by atoms with Gasteiger partial charge in [-0.2, -0.15) is 0 Å². The van der Waals surface area contributed by atoms with Gasteiger partial charge in [0.05, 0.1) is 42.4 Å². The Labute approximate surface area is 352 Å². The van der Waals surface area contributed by atoms with Gasteiger partial charge in [0.25, 0.3) is 5.91 Å². The molecule has 4 fully saturated rings. The number of ether oxygens (including phenoxy) is 2. The number of fused-ring (bicyclic) bond motifs is 2. The first-order valence-corrected chi connectivity index (χ1v) is 20.9. The average Bonchev–Trinajstić information content (AvgIpc) is 3.95. The molecule has 0 radical (unpaired) electrons. The molecule has 10 rings (SSSR count). The average molecular weight is 826 g/mol. The molecule has 6 heterocycles. The van der Waals surface area contributed by atoms with Crippen LogP contribution in [0.3, 0.4) is 0 Å². The summed E-state index contributed by atoms with van der Waals surface area (Å²) in [6, 6.07) is 24.1. The van der Waals surface area contributed by atoms with Crippen LogP contribution in [0.1, 0.15) is 76.8 Å². The topological polar surface area (TPSA) is 174 Å².